The van der Waals surface area contributed by atoms with E-state index in [2.05, 4.69) is 12.1 Å². The fraction of sp³-hybridized carbons (Fsp3) is 0.667. The van der Waals surface area contributed by atoms with E-state index in [0.29, 0.717) is 6.42 Å². The van der Waals surface area contributed by atoms with E-state index in [4.69, 9.17) is 4.52 Å². The van der Waals surface area contributed by atoms with Gasteiger partial charge in [-0.1, -0.05) is 12.1 Å². The third-order valence-electron chi connectivity index (χ3n) is 2.43. The van der Waals surface area contributed by atoms with Crippen molar-refractivity contribution in [1.82, 2.24) is 5.16 Å². The van der Waals surface area contributed by atoms with E-state index in [1.165, 1.54) is 5.56 Å². The highest BCUT2D eigenvalue weighted by Gasteiger charge is 2.23. The number of hydrogen-bond donors (Lipinski definition) is 1. The van der Waals surface area contributed by atoms with Gasteiger partial charge in [0.15, 0.2) is 0 Å². The molecule has 12 heavy (non-hydrogen) atoms. The predicted octanol–water partition coefficient (Wildman–Crippen LogP) is 1.09. The fourth-order valence-corrected chi connectivity index (χ4v) is 1.73. The first-order valence-corrected chi connectivity index (χ1v) is 4.45. The molecular formula is C9H13NO2. The molecule has 0 radical (unpaired) electrons. The molecule has 1 atom stereocenters. The number of aliphatic hydroxyl groups excluding tert-OH is 1. The van der Waals surface area contributed by atoms with Gasteiger partial charge in [0.2, 0.25) is 0 Å². The van der Waals surface area contributed by atoms with Crippen LogP contribution in [0, 0.1) is 0 Å². The van der Waals surface area contributed by atoms with Crippen LogP contribution in [0.3, 0.4) is 0 Å². The van der Waals surface area contributed by atoms with Gasteiger partial charge in [-0.25, -0.2) is 0 Å². The van der Waals surface area contributed by atoms with Crippen molar-refractivity contribution >= 4 is 0 Å². The largest absolute Gasteiger partial charge is 0.393 e. The van der Waals surface area contributed by atoms with Gasteiger partial charge in [-0.2, -0.15) is 0 Å². The Balaban J connectivity index is 2.32. The molecule has 2 rings (SSSR count). The smallest absolute Gasteiger partial charge is 0.142 e. The number of hydrogen-bond acceptors (Lipinski definition) is 3. The summed E-state index contributed by atoms with van der Waals surface area (Å²) in [7, 11) is 0. The Labute approximate surface area is 71.4 Å². The van der Waals surface area contributed by atoms with Crippen molar-refractivity contribution in [3.63, 3.8) is 0 Å². The molecule has 66 valence electrons. The second kappa shape index (κ2) is 2.90. The zero-order chi connectivity index (χ0) is 8.55. The topological polar surface area (TPSA) is 46.3 Å². The van der Waals surface area contributed by atoms with E-state index in [-0.39, 0.29) is 6.10 Å². The molecular weight excluding hydrogens is 154 g/mol. The molecule has 0 saturated carbocycles. The van der Waals surface area contributed by atoms with Gasteiger partial charge in [0.25, 0.3) is 0 Å². The second-order valence-electron chi connectivity index (χ2n) is 3.28. The summed E-state index contributed by atoms with van der Waals surface area (Å²) in [6.07, 6.45) is 3.11. The van der Waals surface area contributed by atoms with Crippen molar-refractivity contribution in [1.29, 1.82) is 0 Å². The van der Waals surface area contributed by atoms with E-state index in [1.807, 2.05) is 0 Å². The lowest BCUT2D eigenvalue weighted by atomic mass is 9.94. The third kappa shape index (κ3) is 1.14. The van der Waals surface area contributed by atoms with Crippen LogP contribution in [0.15, 0.2) is 4.52 Å². The lowest BCUT2D eigenvalue weighted by Gasteiger charge is -2.14. The molecule has 3 heteroatoms. The summed E-state index contributed by atoms with van der Waals surface area (Å²) >= 11 is 0. The SMILES string of the molecule is CCc1noc2c1CCC(O)C2. The molecule has 1 aliphatic rings. The molecule has 1 aromatic heterocycles. The summed E-state index contributed by atoms with van der Waals surface area (Å²) in [5, 5.41) is 13.3. The van der Waals surface area contributed by atoms with Crippen molar-refractivity contribution in [3.8, 4) is 0 Å². The van der Waals surface area contributed by atoms with Gasteiger partial charge >= 0.3 is 0 Å². The first kappa shape index (κ1) is 7.80. The maximum atomic E-state index is 9.35. The Hall–Kier alpha value is -0.830. The van der Waals surface area contributed by atoms with Crippen LogP contribution in [0.1, 0.15) is 30.4 Å². The molecule has 0 bridgehead atoms. The average molecular weight is 167 g/mol. The summed E-state index contributed by atoms with van der Waals surface area (Å²) < 4.78 is 5.14. The standard InChI is InChI=1S/C9H13NO2/c1-2-8-7-4-3-6(11)5-9(7)12-10-8/h6,11H,2-5H2,1H3. The zero-order valence-electron chi connectivity index (χ0n) is 7.21. The van der Waals surface area contributed by atoms with Gasteiger partial charge in [0, 0.05) is 12.0 Å². The van der Waals surface area contributed by atoms with Crippen LogP contribution in [-0.2, 0) is 19.3 Å². The molecule has 0 amide bonds. The van der Waals surface area contributed by atoms with Crippen molar-refractivity contribution < 1.29 is 9.63 Å². The van der Waals surface area contributed by atoms with Crippen molar-refractivity contribution in [3.05, 3.63) is 17.0 Å². The van der Waals surface area contributed by atoms with Crippen LogP contribution >= 0.6 is 0 Å². The minimum absolute atomic E-state index is 0.227. The molecule has 0 fully saturated rings. The summed E-state index contributed by atoms with van der Waals surface area (Å²) in [5.74, 6) is 0.894. The quantitative estimate of drug-likeness (QED) is 0.681. The molecule has 0 aliphatic heterocycles. The highest BCUT2D eigenvalue weighted by Crippen LogP contribution is 2.24. The Morgan fingerprint density at radius 3 is 3.25 bits per heavy atom. The number of aromatic nitrogens is 1. The molecule has 0 saturated heterocycles. The van der Waals surface area contributed by atoms with E-state index in [9.17, 15) is 5.11 Å². The molecule has 0 spiro atoms. The van der Waals surface area contributed by atoms with Crippen LogP contribution < -0.4 is 0 Å². The van der Waals surface area contributed by atoms with Crippen LogP contribution in [0.2, 0.25) is 0 Å². The number of rotatable bonds is 1. The molecule has 1 N–H and O–H groups in total. The molecule has 3 nitrogen and oxygen atoms in total. The van der Waals surface area contributed by atoms with Gasteiger partial charge in [-0.15, -0.1) is 0 Å². The summed E-state index contributed by atoms with van der Waals surface area (Å²) in [4.78, 5) is 0. The minimum atomic E-state index is -0.227. The lowest BCUT2D eigenvalue weighted by Crippen LogP contribution is -2.17. The van der Waals surface area contributed by atoms with Crippen molar-refractivity contribution in [2.24, 2.45) is 0 Å². The third-order valence-corrected chi connectivity index (χ3v) is 2.43. The van der Waals surface area contributed by atoms with Gasteiger partial charge in [0.1, 0.15) is 5.76 Å². The van der Waals surface area contributed by atoms with Gasteiger partial charge in [-0.05, 0) is 19.3 Å². The van der Waals surface area contributed by atoms with Crippen LogP contribution in [0.5, 0.6) is 0 Å². The summed E-state index contributed by atoms with van der Waals surface area (Å²) in [6.45, 7) is 2.07. The van der Waals surface area contributed by atoms with Gasteiger partial charge in [-0.3, -0.25) is 0 Å². The van der Waals surface area contributed by atoms with E-state index in [1.54, 1.807) is 0 Å². The molecule has 1 aliphatic carbocycles. The first-order chi connectivity index (χ1) is 5.81. The normalized spacial score (nSPS) is 22.3. The Morgan fingerprint density at radius 1 is 1.67 bits per heavy atom. The predicted molar refractivity (Wildman–Crippen MR) is 43.9 cm³/mol. The van der Waals surface area contributed by atoms with Gasteiger partial charge in [0.05, 0.1) is 11.8 Å². The van der Waals surface area contributed by atoms with E-state index < -0.39 is 0 Å². The van der Waals surface area contributed by atoms with Crippen LogP contribution in [0.4, 0.5) is 0 Å². The lowest BCUT2D eigenvalue weighted by molar-refractivity contribution is 0.146. The molecule has 1 aromatic rings. The number of nitrogens with zero attached hydrogens (tertiary/aromatic N) is 1. The fourth-order valence-electron chi connectivity index (χ4n) is 1.73. The number of aryl methyl sites for hydroxylation is 1. The Kier molecular flexibility index (Phi) is 1.89. The molecule has 1 heterocycles. The zero-order valence-corrected chi connectivity index (χ0v) is 7.21. The number of fused-ring (bicyclic) bond motifs is 1. The maximum absolute atomic E-state index is 9.35. The Bertz CT molecular complexity index is 280. The molecule has 0 aromatic carbocycles. The maximum Gasteiger partial charge on any atom is 0.142 e. The Morgan fingerprint density at radius 2 is 2.50 bits per heavy atom. The summed E-state index contributed by atoms with van der Waals surface area (Å²) in [5.41, 5.74) is 2.31. The minimum Gasteiger partial charge on any atom is -0.393 e. The summed E-state index contributed by atoms with van der Waals surface area (Å²) in [6, 6.07) is 0. The number of aliphatic hydroxyl groups is 1. The van der Waals surface area contributed by atoms with Crippen LogP contribution in [0.25, 0.3) is 0 Å². The molecule has 1 unspecified atom stereocenters. The average Bonchev–Trinajstić information content (AvgIpc) is 2.46. The van der Waals surface area contributed by atoms with Crippen molar-refractivity contribution in [2.75, 3.05) is 0 Å². The van der Waals surface area contributed by atoms with Gasteiger partial charge < -0.3 is 9.63 Å². The second-order valence-corrected chi connectivity index (χ2v) is 3.28. The van der Waals surface area contributed by atoms with E-state index >= 15 is 0 Å². The highest BCUT2D eigenvalue weighted by atomic mass is 16.5. The monoisotopic (exact) mass is 167 g/mol. The first-order valence-electron chi connectivity index (χ1n) is 4.45. The van der Waals surface area contributed by atoms with Crippen molar-refractivity contribution in [2.45, 2.75) is 38.7 Å². The van der Waals surface area contributed by atoms with E-state index in [0.717, 1.165) is 30.7 Å². The van der Waals surface area contributed by atoms with Crippen LogP contribution in [-0.4, -0.2) is 16.4 Å². The highest BCUT2D eigenvalue weighted by molar-refractivity contribution is 5.26.